The van der Waals surface area contributed by atoms with Crippen molar-refractivity contribution in [1.29, 1.82) is 5.26 Å². The minimum Gasteiger partial charge on any atom is -0.252 e. The molecule has 0 saturated heterocycles. The first-order valence-electron chi connectivity index (χ1n) is 4.59. The fourth-order valence-electron chi connectivity index (χ4n) is 1.71. The third-order valence-corrected chi connectivity index (χ3v) is 2.55. The summed E-state index contributed by atoms with van der Waals surface area (Å²) >= 11 is 5.94. The average Bonchev–Trinajstić information content (AvgIpc) is 2.18. The van der Waals surface area contributed by atoms with Crippen LogP contribution in [0.25, 0.3) is 10.9 Å². The lowest BCUT2D eigenvalue weighted by Gasteiger charge is -2.05. The molecule has 0 amide bonds. The standard InChI is InChI=1S/C12H9ClN2/c1-7-3-8(2)15-12-9(6-14)4-10(13)5-11(7)12/h3-5H,1-2H3. The van der Waals surface area contributed by atoms with Gasteiger partial charge in [0, 0.05) is 16.1 Å². The lowest BCUT2D eigenvalue weighted by molar-refractivity contribution is 1.23. The summed E-state index contributed by atoms with van der Waals surface area (Å²) in [6.07, 6.45) is 0. The Bertz CT molecular complexity index is 582. The van der Waals surface area contributed by atoms with Crippen LogP contribution in [0, 0.1) is 25.2 Å². The molecule has 74 valence electrons. The number of pyridine rings is 1. The molecule has 0 saturated carbocycles. The fraction of sp³-hybridized carbons (Fsp3) is 0.167. The summed E-state index contributed by atoms with van der Waals surface area (Å²) in [5, 5.41) is 10.5. The number of rotatable bonds is 0. The summed E-state index contributed by atoms with van der Waals surface area (Å²) in [6.45, 7) is 3.91. The zero-order valence-corrected chi connectivity index (χ0v) is 9.26. The van der Waals surface area contributed by atoms with Gasteiger partial charge in [0.25, 0.3) is 0 Å². The van der Waals surface area contributed by atoms with Crippen LogP contribution >= 0.6 is 11.6 Å². The van der Waals surface area contributed by atoms with Crippen LogP contribution in [-0.4, -0.2) is 4.98 Å². The molecule has 2 aromatic rings. The van der Waals surface area contributed by atoms with E-state index in [1.165, 1.54) is 0 Å². The number of benzene rings is 1. The monoisotopic (exact) mass is 216 g/mol. The molecule has 0 aliphatic carbocycles. The van der Waals surface area contributed by atoms with Crippen molar-refractivity contribution in [3.63, 3.8) is 0 Å². The van der Waals surface area contributed by atoms with E-state index < -0.39 is 0 Å². The van der Waals surface area contributed by atoms with E-state index in [0.29, 0.717) is 10.6 Å². The Balaban J connectivity index is 2.98. The van der Waals surface area contributed by atoms with E-state index in [-0.39, 0.29) is 0 Å². The van der Waals surface area contributed by atoms with Crippen molar-refractivity contribution >= 4 is 22.5 Å². The second-order valence-electron chi connectivity index (χ2n) is 3.54. The van der Waals surface area contributed by atoms with Gasteiger partial charge in [0.15, 0.2) is 0 Å². The summed E-state index contributed by atoms with van der Waals surface area (Å²) in [5.74, 6) is 0. The first-order valence-corrected chi connectivity index (χ1v) is 4.97. The number of nitrogens with zero attached hydrogens (tertiary/aromatic N) is 2. The molecule has 1 heterocycles. The molecule has 0 fully saturated rings. The minimum atomic E-state index is 0.532. The van der Waals surface area contributed by atoms with E-state index in [4.69, 9.17) is 16.9 Å². The van der Waals surface area contributed by atoms with Gasteiger partial charge in [-0.15, -0.1) is 0 Å². The highest BCUT2D eigenvalue weighted by Crippen LogP contribution is 2.25. The van der Waals surface area contributed by atoms with Gasteiger partial charge >= 0.3 is 0 Å². The van der Waals surface area contributed by atoms with Crippen molar-refractivity contribution in [2.75, 3.05) is 0 Å². The van der Waals surface area contributed by atoms with Crippen LogP contribution in [0.4, 0.5) is 0 Å². The largest absolute Gasteiger partial charge is 0.252 e. The molecular weight excluding hydrogens is 208 g/mol. The zero-order chi connectivity index (χ0) is 11.0. The number of nitriles is 1. The number of hydrogen-bond donors (Lipinski definition) is 0. The van der Waals surface area contributed by atoms with Gasteiger partial charge in [-0.05, 0) is 37.6 Å². The zero-order valence-electron chi connectivity index (χ0n) is 8.50. The summed E-state index contributed by atoms with van der Waals surface area (Å²) in [5.41, 5.74) is 3.28. The first kappa shape index (κ1) is 9.95. The maximum Gasteiger partial charge on any atom is 0.101 e. The predicted octanol–water partition coefficient (Wildman–Crippen LogP) is 3.38. The van der Waals surface area contributed by atoms with Crippen LogP contribution in [0.1, 0.15) is 16.8 Å². The molecule has 0 unspecified atom stereocenters. The molecule has 0 radical (unpaired) electrons. The maximum atomic E-state index is 8.99. The summed E-state index contributed by atoms with van der Waals surface area (Å²) in [4.78, 5) is 4.37. The number of fused-ring (bicyclic) bond motifs is 1. The van der Waals surface area contributed by atoms with Crippen LogP contribution in [-0.2, 0) is 0 Å². The lowest BCUT2D eigenvalue weighted by Crippen LogP contribution is -1.90. The summed E-state index contributed by atoms with van der Waals surface area (Å²) < 4.78 is 0. The molecular formula is C12H9ClN2. The molecule has 0 aliphatic heterocycles. The highest BCUT2D eigenvalue weighted by Gasteiger charge is 2.07. The second kappa shape index (κ2) is 3.52. The Morgan fingerprint density at radius 2 is 2.00 bits per heavy atom. The van der Waals surface area contributed by atoms with E-state index in [1.807, 2.05) is 26.0 Å². The number of aromatic nitrogens is 1. The van der Waals surface area contributed by atoms with Crippen molar-refractivity contribution in [3.8, 4) is 6.07 Å². The Morgan fingerprint density at radius 1 is 1.27 bits per heavy atom. The molecule has 0 N–H and O–H groups in total. The van der Waals surface area contributed by atoms with Gasteiger partial charge in [-0.3, -0.25) is 4.98 Å². The molecule has 3 heteroatoms. The smallest absolute Gasteiger partial charge is 0.101 e. The second-order valence-corrected chi connectivity index (χ2v) is 3.98. The van der Waals surface area contributed by atoms with Gasteiger partial charge in [-0.2, -0.15) is 5.26 Å². The van der Waals surface area contributed by atoms with E-state index >= 15 is 0 Å². The Labute approximate surface area is 93.1 Å². The van der Waals surface area contributed by atoms with Crippen molar-refractivity contribution in [1.82, 2.24) is 4.98 Å². The van der Waals surface area contributed by atoms with E-state index in [2.05, 4.69) is 11.1 Å². The summed E-state index contributed by atoms with van der Waals surface area (Å²) in [7, 11) is 0. The van der Waals surface area contributed by atoms with Crippen LogP contribution in [0.2, 0.25) is 5.02 Å². The van der Waals surface area contributed by atoms with Crippen molar-refractivity contribution < 1.29 is 0 Å². The SMILES string of the molecule is Cc1cc(C)c2cc(Cl)cc(C#N)c2n1. The minimum absolute atomic E-state index is 0.532. The molecule has 2 rings (SSSR count). The molecule has 1 aromatic carbocycles. The number of halogens is 1. The summed E-state index contributed by atoms with van der Waals surface area (Å²) in [6, 6.07) is 7.60. The third kappa shape index (κ3) is 1.67. The topological polar surface area (TPSA) is 36.7 Å². The van der Waals surface area contributed by atoms with Crippen LogP contribution in [0.5, 0.6) is 0 Å². The highest BCUT2D eigenvalue weighted by atomic mass is 35.5. The Hall–Kier alpha value is -1.59. The van der Waals surface area contributed by atoms with Crippen LogP contribution < -0.4 is 0 Å². The van der Waals surface area contributed by atoms with E-state index in [9.17, 15) is 0 Å². The maximum absolute atomic E-state index is 8.99. The number of aryl methyl sites for hydroxylation is 2. The molecule has 0 atom stereocenters. The van der Waals surface area contributed by atoms with Crippen LogP contribution in [0.15, 0.2) is 18.2 Å². The van der Waals surface area contributed by atoms with Gasteiger partial charge in [0.2, 0.25) is 0 Å². The van der Waals surface area contributed by atoms with Crippen molar-refractivity contribution in [3.05, 3.63) is 40.0 Å². The third-order valence-electron chi connectivity index (χ3n) is 2.33. The molecule has 0 aliphatic rings. The molecule has 2 nitrogen and oxygen atoms in total. The normalized spacial score (nSPS) is 10.3. The molecule has 15 heavy (non-hydrogen) atoms. The predicted molar refractivity (Wildman–Crippen MR) is 60.9 cm³/mol. The Kier molecular flexibility index (Phi) is 2.34. The van der Waals surface area contributed by atoms with Gasteiger partial charge < -0.3 is 0 Å². The van der Waals surface area contributed by atoms with Crippen molar-refractivity contribution in [2.45, 2.75) is 13.8 Å². The van der Waals surface area contributed by atoms with Crippen molar-refractivity contribution in [2.24, 2.45) is 0 Å². The Morgan fingerprint density at radius 3 is 2.67 bits per heavy atom. The molecule has 0 spiro atoms. The lowest BCUT2D eigenvalue weighted by atomic mass is 10.1. The first-order chi connectivity index (χ1) is 7.11. The van der Waals surface area contributed by atoms with E-state index in [1.54, 1.807) is 6.07 Å². The van der Waals surface area contributed by atoms with E-state index in [0.717, 1.165) is 22.2 Å². The fourth-order valence-corrected chi connectivity index (χ4v) is 1.92. The van der Waals surface area contributed by atoms with Crippen LogP contribution in [0.3, 0.4) is 0 Å². The van der Waals surface area contributed by atoms with Gasteiger partial charge in [0.1, 0.15) is 6.07 Å². The number of hydrogen-bond acceptors (Lipinski definition) is 2. The quantitative estimate of drug-likeness (QED) is 0.677. The highest BCUT2D eigenvalue weighted by molar-refractivity contribution is 6.31. The van der Waals surface area contributed by atoms with Gasteiger partial charge in [-0.25, -0.2) is 0 Å². The molecule has 1 aromatic heterocycles. The van der Waals surface area contributed by atoms with Gasteiger partial charge in [-0.1, -0.05) is 11.6 Å². The van der Waals surface area contributed by atoms with Gasteiger partial charge in [0.05, 0.1) is 11.1 Å². The molecule has 0 bridgehead atoms. The average molecular weight is 217 g/mol.